The fourth-order valence-corrected chi connectivity index (χ4v) is 2.65. The van der Waals surface area contributed by atoms with Gasteiger partial charge in [-0.25, -0.2) is 13.1 Å². The monoisotopic (exact) mass is 304 g/mol. The molecule has 1 heterocycles. The molecule has 0 bridgehead atoms. The third-order valence-electron chi connectivity index (χ3n) is 2.70. The summed E-state index contributed by atoms with van der Waals surface area (Å²) in [6, 6.07) is 3.17. The summed E-state index contributed by atoms with van der Waals surface area (Å²) in [6.45, 7) is 4.50. The van der Waals surface area contributed by atoms with Crippen molar-refractivity contribution in [2.75, 3.05) is 26.8 Å². The fourth-order valence-electron chi connectivity index (χ4n) is 1.64. The third kappa shape index (κ3) is 6.04. The van der Waals surface area contributed by atoms with Crippen molar-refractivity contribution >= 4 is 10.0 Å². The number of ether oxygens (including phenoxy) is 1. The van der Waals surface area contributed by atoms with Gasteiger partial charge in [0.05, 0.1) is 6.54 Å². The van der Waals surface area contributed by atoms with Gasteiger partial charge in [-0.05, 0) is 37.9 Å². The molecule has 1 aromatic rings. The van der Waals surface area contributed by atoms with Crippen molar-refractivity contribution in [1.29, 1.82) is 0 Å². The van der Waals surface area contributed by atoms with Crippen LogP contribution in [0.4, 0.5) is 0 Å². The predicted octanol–water partition coefficient (Wildman–Crippen LogP) is 1.48. The first-order valence-corrected chi connectivity index (χ1v) is 8.36. The van der Waals surface area contributed by atoms with Crippen molar-refractivity contribution < 1.29 is 17.6 Å². The molecule has 20 heavy (non-hydrogen) atoms. The summed E-state index contributed by atoms with van der Waals surface area (Å²) in [7, 11) is -1.92. The molecule has 6 nitrogen and oxygen atoms in total. The van der Waals surface area contributed by atoms with Gasteiger partial charge in [-0.1, -0.05) is 6.92 Å². The van der Waals surface area contributed by atoms with Crippen LogP contribution >= 0.6 is 0 Å². The van der Waals surface area contributed by atoms with Crippen molar-refractivity contribution in [2.45, 2.75) is 37.8 Å². The average molecular weight is 304 g/mol. The Bertz CT molecular complexity index is 470. The van der Waals surface area contributed by atoms with Crippen LogP contribution in [0.2, 0.25) is 0 Å². The summed E-state index contributed by atoms with van der Waals surface area (Å²) in [5.74, 6) is 0.623. The lowest BCUT2D eigenvalue weighted by atomic mass is 10.3. The summed E-state index contributed by atoms with van der Waals surface area (Å²) >= 11 is 0. The van der Waals surface area contributed by atoms with E-state index in [0.717, 1.165) is 25.8 Å². The van der Waals surface area contributed by atoms with Gasteiger partial charge in [0.15, 0.2) is 0 Å². The second kappa shape index (κ2) is 9.12. The minimum absolute atomic E-state index is 0.0301. The van der Waals surface area contributed by atoms with Gasteiger partial charge < -0.3 is 14.5 Å². The molecule has 116 valence electrons. The van der Waals surface area contributed by atoms with E-state index in [2.05, 4.69) is 17.0 Å². The highest BCUT2D eigenvalue weighted by atomic mass is 32.2. The van der Waals surface area contributed by atoms with E-state index < -0.39 is 10.0 Å². The predicted molar refractivity (Wildman–Crippen MR) is 77.0 cm³/mol. The fraction of sp³-hybridized carbons (Fsp3) is 0.692. The quantitative estimate of drug-likeness (QED) is 0.605. The van der Waals surface area contributed by atoms with Crippen molar-refractivity contribution in [3.8, 4) is 0 Å². The van der Waals surface area contributed by atoms with Crippen molar-refractivity contribution in [2.24, 2.45) is 0 Å². The van der Waals surface area contributed by atoms with Crippen LogP contribution in [-0.4, -0.2) is 35.2 Å². The van der Waals surface area contributed by atoms with E-state index in [0.29, 0.717) is 25.5 Å². The molecule has 0 aromatic carbocycles. The van der Waals surface area contributed by atoms with Gasteiger partial charge in [-0.3, -0.25) is 0 Å². The molecule has 0 aliphatic carbocycles. The highest BCUT2D eigenvalue weighted by Gasteiger charge is 2.17. The molecule has 2 N–H and O–H groups in total. The number of unbranched alkanes of at least 4 members (excludes halogenated alkanes) is 1. The maximum Gasteiger partial charge on any atom is 0.273 e. The molecule has 0 amide bonds. The molecular formula is C13H24N2O4S. The maximum atomic E-state index is 12.0. The van der Waals surface area contributed by atoms with Crippen molar-refractivity contribution in [3.63, 3.8) is 0 Å². The zero-order chi connectivity index (χ0) is 14.8. The summed E-state index contributed by atoms with van der Waals surface area (Å²) in [5, 5.41) is 3.13. The molecule has 0 unspecified atom stereocenters. The van der Waals surface area contributed by atoms with E-state index in [4.69, 9.17) is 9.15 Å². The number of methoxy groups -OCH3 is 1. The van der Waals surface area contributed by atoms with Gasteiger partial charge in [-0.2, -0.15) is 0 Å². The van der Waals surface area contributed by atoms with Gasteiger partial charge in [0, 0.05) is 20.3 Å². The number of hydrogen-bond acceptors (Lipinski definition) is 5. The molecule has 0 saturated carbocycles. The van der Waals surface area contributed by atoms with Gasteiger partial charge in [-0.15, -0.1) is 0 Å². The number of rotatable bonds is 11. The van der Waals surface area contributed by atoms with Gasteiger partial charge in [0.2, 0.25) is 5.09 Å². The SMILES string of the molecule is CCCNCc1ccc(S(=O)(=O)NCCCCOC)o1. The number of nitrogens with one attached hydrogen (secondary N) is 2. The van der Waals surface area contributed by atoms with Crippen LogP contribution in [0.1, 0.15) is 31.9 Å². The van der Waals surface area contributed by atoms with E-state index in [9.17, 15) is 8.42 Å². The summed E-state index contributed by atoms with van der Waals surface area (Å²) < 4.78 is 36.7. The molecule has 7 heteroatoms. The van der Waals surface area contributed by atoms with Crippen LogP contribution in [0, 0.1) is 0 Å². The summed E-state index contributed by atoms with van der Waals surface area (Å²) in [6.07, 6.45) is 2.58. The van der Waals surface area contributed by atoms with Crippen LogP contribution in [0.25, 0.3) is 0 Å². The Kier molecular flexibility index (Phi) is 7.83. The van der Waals surface area contributed by atoms with E-state index >= 15 is 0 Å². The number of sulfonamides is 1. The van der Waals surface area contributed by atoms with Crippen LogP contribution in [0.5, 0.6) is 0 Å². The number of furan rings is 1. The Labute approximate surface area is 120 Å². The molecule has 0 aliphatic rings. The Balaban J connectivity index is 2.42. The molecular weight excluding hydrogens is 280 g/mol. The van der Waals surface area contributed by atoms with Crippen LogP contribution in [0.15, 0.2) is 21.6 Å². The Morgan fingerprint density at radius 1 is 1.25 bits per heavy atom. The molecule has 0 atom stereocenters. The molecule has 0 saturated heterocycles. The first-order valence-electron chi connectivity index (χ1n) is 6.88. The Hall–Kier alpha value is -0.890. The zero-order valence-corrected chi connectivity index (χ0v) is 13.0. The smallest absolute Gasteiger partial charge is 0.273 e. The molecule has 0 spiro atoms. The molecule has 0 radical (unpaired) electrons. The number of hydrogen-bond donors (Lipinski definition) is 2. The maximum absolute atomic E-state index is 12.0. The normalized spacial score (nSPS) is 11.9. The molecule has 0 fully saturated rings. The van der Waals surface area contributed by atoms with Crippen LogP contribution in [0.3, 0.4) is 0 Å². The highest BCUT2D eigenvalue weighted by molar-refractivity contribution is 7.89. The minimum Gasteiger partial charge on any atom is -0.447 e. The third-order valence-corrected chi connectivity index (χ3v) is 4.03. The standard InChI is InChI=1S/C13H24N2O4S/c1-3-8-14-11-12-6-7-13(19-12)20(16,17)15-9-4-5-10-18-2/h6-7,14-15H,3-5,8-11H2,1-2H3. The van der Waals surface area contributed by atoms with Crippen molar-refractivity contribution in [3.05, 3.63) is 17.9 Å². The van der Waals surface area contributed by atoms with Gasteiger partial charge in [0.25, 0.3) is 10.0 Å². The van der Waals surface area contributed by atoms with Gasteiger partial charge >= 0.3 is 0 Å². The van der Waals surface area contributed by atoms with E-state index in [-0.39, 0.29) is 5.09 Å². The summed E-state index contributed by atoms with van der Waals surface area (Å²) in [4.78, 5) is 0. The Morgan fingerprint density at radius 2 is 2.05 bits per heavy atom. The summed E-state index contributed by atoms with van der Waals surface area (Å²) in [5.41, 5.74) is 0. The second-order valence-corrected chi connectivity index (χ2v) is 6.19. The van der Waals surface area contributed by atoms with E-state index in [1.807, 2.05) is 0 Å². The molecule has 1 rings (SSSR count). The zero-order valence-electron chi connectivity index (χ0n) is 12.1. The lowest BCUT2D eigenvalue weighted by Gasteiger charge is -2.04. The molecule has 0 aliphatic heterocycles. The lowest BCUT2D eigenvalue weighted by Crippen LogP contribution is -2.24. The minimum atomic E-state index is -3.54. The van der Waals surface area contributed by atoms with E-state index in [1.165, 1.54) is 6.07 Å². The Morgan fingerprint density at radius 3 is 2.75 bits per heavy atom. The van der Waals surface area contributed by atoms with Crippen LogP contribution in [-0.2, 0) is 21.3 Å². The lowest BCUT2D eigenvalue weighted by molar-refractivity contribution is 0.193. The topological polar surface area (TPSA) is 80.6 Å². The largest absolute Gasteiger partial charge is 0.447 e. The van der Waals surface area contributed by atoms with Gasteiger partial charge in [0.1, 0.15) is 5.76 Å². The second-order valence-electron chi connectivity index (χ2n) is 4.50. The van der Waals surface area contributed by atoms with Crippen molar-refractivity contribution in [1.82, 2.24) is 10.0 Å². The van der Waals surface area contributed by atoms with E-state index in [1.54, 1.807) is 13.2 Å². The first kappa shape index (κ1) is 17.2. The first-order chi connectivity index (χ1) is 9.60. The molecule has 1 aromatic heterocycles. The average Bonchev–Trinajstić information content (AvgIpc) is 2.88. The van der Waals surface area contributed by atoms with Crippen LogP contribution < -0.4 is 10.0 Å². The highest BCUT2D eigenvalue weighted by Crippen LogP contribution is 2.13.